The number of nitrogens with two attached hydrogens (primary N) is 1. The molecular formula is C20H26ClFN4O3. The molecule has 0 spiro atoms. The molecular weight excluding hydrogens is 399 g/mol. The number of benzene rings is 1. The van der Waals surface area contributed by atoms with Crippen LogP contribution in [0.4, 0.5) is 15.9 Å². The second-order valence-corrected chi connectivity index (χ2v) is 8.18. The van der Waals surface area contributed by atoms with E-state index < -0.39 is 23.0 Å². The summed E-state index contributed by atoms with van der Waals surface area (Å²) in [7, 11) is 0. The van der Waals surface area contributed by atoms with Crippen LogP contribution in [-0.4, -0.2) is 22.0 Å². The molecule has 3 N–H and O–H groups in total. The molecule has 0 aliphatic heterocycles. The van der Waals surface area contributed by atoms with E-state index in [0.29, 0.717) is 0 Å². The summed E-state index contributed by atoms with van der Waals surface area (Å²) in [5, 5.41) is 0.120. The number of hydrogen-bond donors (Lipinski definition) is 2. The Hall–Kier alpha value is -2.61. The number of amides is 1. The average Bonchev–Trinajstić information content (AvgIpc) is 2.60. The lowest BCUT2D eigenvalue weighted by Crippen LogP contribution is -2.43. The zero-order valence-electron chi connectivity index (χ0n) is 17.0. The number of halogens is 2. The number of carbonyl (C=O) groups excluding carboxylic acids is 1. The molecule has 1 aromatic heterocycles. The maximum Gasteiger partial charge on any atom is 0.330 e. The number of aromatic nitrogens is 2. The van der Waals surface area contributed by atoms with Crippen molar-refractivity contribution in [3.63, 3.8) is 0 Å². The van der Waals surface area contributed by atoms with E-state index in [0.717, 1.165) is 0 Å². The van der Waals surface area contributed by atoms with Gasteiger partial charge in [-0.15, -0.1) is 0 Å². The maximum absolute atomic E-state index is 14.2. The van der Waals surface area contributed by atoms with E-state index in [2.05, 4.69) is 4.98 Å². The molecule has 0 saturated carbocycles. The van der Waals surface area contributed by atoms with E-state index in [1.165, 1.54) is 27.7 Å². The van der Waals surface area contributed by atoms with Crippen LogP contribution >= 0.6 is 11.6 Å². The summed E-state index contributed by atoms with van der Waals surface area (Å²) in [6, 6.07) is 4.15. The number of aromatic amines is 1. The van der Waals surface area contributed by atoms with Gasteiger partial charge < -0.3 is 10.6 Å². The fourth-order valence-electron chi connectivity index (χ4n) is 3.02. The molecule has 2 aromatic rings. The Morgan fingerprint density at radius 3 is 2.45 bits per heavy atom. The number of rotatable bonds is 7. The lowest BCUT2D eigenvalue weighted by atomic mass is 10.1. The highest BCUT2D eigenvalue weighted by atomic mass is 35.5. The first kappa shape index (κ1) is 22.7. The highest BCUT2D eigenvalue weighted by Crippen LogP contribution is 2.24. The molecule has 7 nitrogen and oxygen atoms in total. The fraction of sp³-hybridized carbons (Fsp3) is 0.450. The van der Waals surface area contributed by atoms with E-state index in [1.807, 2.05) is 27.7 Å². The van der Waals surface area contributed by atoms with Crippen molar-refractivity contribution in [2.24, 2.45) is 11.8 Å². The molecule has 1 aromatic carbocycles. The fourth-order valence-corrected chi connectivity index (χ4v) is 3.25. The Balaban J connectivity index is 2.57. The molecule has 0 bridgehead atoms. The van der Waals surface area contributed by atoms with Gasteiger partial charge in [0.25, 0.3) is 5.56 Å². The molecule has 9 heteroatoms. The van der Waals surface area contributed by atoms with Crippen molar-refractivity contribution in [1.29, 1.82) is 0 Å². The van der Waals surface area contributed by atoms with Crippen molar-refractivity contribution >= 4 is 29.0 Å². The first-order valence-electron chi connectivity index (χ1n) is 9.38. The van der Waals surface area contributed by atoms with Crippen LogP contribution < -0.4 is 21.9 Å². The molecule has 1 amide bonds. The van der Waals surface area contributed by atoms with Crippen LogP contribution in [0.25, 0.3) is 0 Å². The van der Waals surface area contributed by atoms with Gasteiger partial charge in [-0.05, 0) is 24.0 Å². The van der Waals surface area contributed by atoms with Gasteiger partial charge in [-0.2, -0.15) is 0 Å². The minimum atomic E-state index is -0.763. The molecule has 0 atom stereocenters. The largest absolute Gasteiger partial charge is 0.383 e. The van der Waals surface area contributed by atoms with Gasteiger partial charge in [0.1, 0.15) is 11.6 Å². The lowest BCUT2D eigenvalue weighted by molar-refractivity contribution is -0.118. The van der Waals surface area contributed by atoms with Crippen LogP contribution in [-0.2, 0) is 17.8 Å². The molecule has 0 aliphatic carbocycles. The monoisotopic (exact) mass is 424 g/mol. The van der Waals surface area contributed by atoms with Gasteiger partial charge in [0, 0.05) is 23.7 Å². The Morgan fingerprint density at radius 2 is 1.90 bits per heavy atom. The summed E-state index contributed by atoms with van der Waals surface area (Å²) in [6.45, 7) is 7.97. The number of nitrogen functional groups attached to an aromatic ring is 1. The predicted octanol–water partition coefficient (Wildman–Crippen LogP) is 2.80. The van der Waals surface area contributed by atoms with Gasteiger partial charge in [0.05, 0.1) is 6.42 Å². The lowest BCUT2D eigenvalue weighted by Gasteiger charge is -2.26. The molecule has 0 saturated heterocycles. The van der Waals surface area contributed by atoms with Crippen LogP contribution in [0.15, 0.2) is 27.8 Å². The second-order valence-electron chi connectivity index (χ2n) is 7.77. The van der Waals surface area contributed by atoms with Gasteiger partial charge in [-0.3, -0.25) is 19.1 Å². The average molecular weight is 425 g/mol. The molecule has 158 valence electrons. The van der Waals surface area contributed by atoms with Crippen molar-refractivity contribution in [2.45, 2.75) is 40.7 Å². The number of nitrogens with zero attached hydrogens (tertiary/aromatic N) is 2. The van der Waals surface area contributed by atoms with Crippen molar-refractivity contribution < 1.29 is 9.18 Å². The third-order valence-electron chi connectivity index (χ3n) is 4.27. The molecule has 0 fully saturated rings. The minimum Gasteiger partial charge on any atom is -0.383 e. The summed E-state index contributed by atoms with van der Waals surface area (Å²) >= 11 is 6.05. The number of H-pyrrole nitrogens is 1. The zero-order valence-corrected chi connectivity index (χ0v) is 17.7. The highest BCUT2D eigenvalue weighted by molar-refractivity contribution is 6.31. The van der Waals surface area contributed by atoms with Crippen molar-refractivity contribution in [2.75, 3.05) is 17.2 Å². The third kappa shape index (κ3) is 5.26. The summed E-state index contributed by atoms with van der Waals surface area (Å²) in [6.07, 6.45) is -0.347. The molecule has 1 heterocycles. The Labute approximate surface area is 173 Å². The van der Waals surface area contributed by atoms with E-state index in [1.54, 1.807) is 0 Å². The molecule has 2 rings (SSSR count). The first-order chi connectivity index (χ1) is 13.5. The Kier molecular flexibility index (Phi) is 7.24. The van der Waals surface area contributed by atoms with Crippen LogP contribution in [0, 0.1) is 17.7 Å². The van der Waals surface area contributed by atoms with Crippen molar-refractivity contribution in [3.8, 4) is 0 Å². The zero-order chi connectivity index (χ0) is 21.9. The normalized spacial score (nSPS) is 11.3. The summed E-state index contributed by atoms with van der Waals surface area (Å²) in [5.74, 6) is -1.18. The van der Waals surface area contributed by atoms with Crippen molar-refractivity contribution in [1.82, 2.24) is 9.55 Å². The van der Waals surface area contributed by atoms with Gasteiger partial charge >= 0.3 is 5.69 Å². The molecule has 0 radical (unpaired) electrons. The van der Waals surface area contributed by atoms with Gasteiger partial charge in [0.15, 0.2) is 5.69 Å². The standard InChI is InChI=1S/C20H26ClFN4O3/c1-11(2)9-25(16(27)8-13-14(21)6-5-7-15(13)22)17-18(23)26(10-12(3)4)20(29)24-19(17)28/h5-7,11-12H,8-10,23H2,1-4H3,(H,24,28,29). The number of nitrogens with one attached hydrogen (secondary N) is 1. The van der Waals surface area contributed by atoms with Gasteiger partial charge in [0.2, 0.25) is 5.91 Å². The van der Waals surface area contributed by atoms with E-state index >= 15 is 0 Å². The number of hydrogen-bond acceptors (Lipinski definition) is 4. The Bertz CT molecular complexity index is 994. The third-order valence-corrected chi connectivity index (χ3v) is 4.62. The second kappa shape index (κ2) is 9.26. The van der Waals surface area contributed by atoms with Crippen LogP contribution in [0.5, 0.6) is 0 Å². The topological polar surface area (TPSA) is 101 Å². The Morgan fingerprint density at radius 1 is 1.24 bits per heavy atom. The quantitative estimate of drug-likeness (QED) is 0.713. The van der Waals surface area contributed by atoms with E-state index in [-0.39, 0.29) is 53.4 Å². The van der Waals surface area contributed by atoms with Gasteiger partial charge in [-0.1, -0.05) is 45.4 Å². The van der Waals surface area contributed by atoms with E-state index in [4.69, 9.17) is 17.3 Å². The van der Waals surface area contributed by atoms with Gasteiger partial charge in [-0.25, -0.2) is 9.18 Å². The summed E-state index contributed by atoms with van der Waals surface area (Å²) in [5.41, 5.74) is 4.67. The predicted molar refractivity (Wildman–Crippen MR) is 113 cm³/mol. The summed E-state index contributed by atoms with van der Waals surface area (Å²) in [4.78, 5) is 41.3. The van der Waals surface area contributed by atoms with Crippen LogP contribution in [0.2, 0.25) is 5.02 Å². The van der Waals surface area contributed by atoms with Crippen LogP contribution in [0.1, 0.15) is 33.3 Å². The number of carbonyl (C=O) groups is 1. The molecule has 0 unspecified atom stereocenters. The molecule has 0 aliphatic rings. The first-order valence-corrected chi connectivity index (χ1v) is 9.76. The highest BCUT2D eigenvalue weighted by Gasteiger charge is 2.26. The maximum atomic E-state index is 14.2. The molecule has 29 heavy (non-hydrogen) atoms. The smallest absolute Gasteiger partial charge is 0.330 e. The summed E-state index contributed by atoms with van der Waals surface area (Å²) < 4.78 is 15.4. The van der Waals surface area contributed by atoms with Crippen molar-refractivity contribution in [3.05, 3.63) is 55.4 Å². The van der Waals surface area contributed by atoms with Crippen LogP contribution in [0.3, 0.4) is 0 Å². The SMILES string of the molecule is CC(C)CN(C(=O)Cc1c(F)cccc1Cl)c1c(N)n(CC(C)C)c(=O)[nH]c1=O. The number of anilines is 2. The van der Waals surface area contributed by atoms with E-state index in [9.17, 15) is 18.8 Å². The minimum absolute atomic E-state index is 0.0145.